The monoisotopic (exact) mass is 352 g/mol. The van der Waals surface area contributed by atoms with Crippen LogP contribution in [0.5, 0.6) is 0 Å². The summed E-state index contributed by atoms with van der Waals surface area (Å²) in [6.07, 6.45) is 0. The second kappa shape index (κ2) is 7.44. The quantitative estimate of drug-likeness (QED) is 0.447. The maximum atomic E-state index is 12.7. The van der Waals surface area contributed by atoms with Crippen molar-refractivity contribution in [2.75, 3.05) is 5.75 Å². The number of fused-ring (bicyclic) bond motifs is 1. The smallest absolute Gasteiger partial charge is 0.173 e. The number of benzene rings is 2. The Labute approximate surface area is 153 Å². The second-order valence-electron chi connectivity index (χ2n) is 6.92. The Hall–Kier alpha value is -2.07. The van der Waals surface area contributed by atoms with Gasteiger partial charge in [-0.1, -0.05) is 55.4 Å². The van der Waals surface area contributed by atoms with Gasteiger partial charge in [0.1, 0.15) is 0 Å². The lowest BCUT2D eigenvalue weighted by Crippen LogP contribution is -2.09. The highest BCUT2D eigenvalue weighted by Gasteiger charge is 2.15. The molecule has 3 nitrogen and oxygen atoms in total. The molecule has 0 atom stereocenters. The van der Waals surface area contributed by atoms with Crippen molar-refractivity contribution in [3.05, 3.63) is 59.2 Å². The minimum atomic E-state index is 0.161. The number of thioether (sulfide) groups is 1. The third kappa shape index (κ3) is 3.96. The van der Waals surface area contributed by atoms with E-state index >= 15 is 0 Å². The molecule has 0 spiro atoms. The highest BCUT2D eigenvalue weighted by molar-refractivity contribution is 7.99. The van der Waals surface area contributed by atoms with E-state index in [1.54, 1.807) is 0 Å². The molecule has 0 aliphatic rings. The summed E-state index contributed by atoms with van der Waals surface area (Å²) in [6.45, 7) is 9.31. The molecule has 4 heteroatoms. The van der Waals surface area contributed by atoms with Gasteiger partial charge in [-0.25, -0.2) is 4.98 Å². The zero-order valence-corrected chi connectivity index (χ0v) is 16.1. The molecule has 1 heterocycles. The molecular formula is C21H24N2OS. The van der Waals surface area contributed by atoms with E-state index in [1.165, 1.54) is 11.8 Å². The van der Waals surface area contributed by atoms with Gasteiger partial charge < -0.3 is 4.57 Å². The first-order chi connectivity index (χ1) is 12.0. The molecule has 3 rings (SSSR count). The third-order valence-corrected chi connectivity index (χ3v) is 5.17. The number of hydrogen-bond donors (Lipinski definition) is 0. The minimum absolute atomic E-state index is 0.161. The molecule has 0 amide bonds. The van der Waals surface area contributed by atoms with Crippen LogP contribution in [0.1, 0.15) is 35.3 Å². The standard InChI is InChI=1S/C21H24N2OS/c1-14(2)12-23-19-8-6-5-7-18(19)22-21(23)25-13-20(24)17-11-15(3)9-10-16(17)4/h5-11,14H,12-13H2,1-4H3. The predicted octanol–water partition coefficient (Wildman–Crippen LogP) is 5.28. The van der Waals surface area contributed by atoms with Crippen LogP contribution in [-0.2, 0) is 6.54 Å². The largest absolute Gasteiger partial charge is 0.319 e. The summed E-state index contributed by atoms with van der Waals surface area (Å²) in [5, 5.41) is 0.925. The predicted molar refractivity (Wildman–Crippen MR) is 106 cm³/mol. The van der Waals surface area contributed by atoms with Gasteiger partial charge in [-0.15, -0.1) is 0 Å². The Morgan fingerprint density at radius 2 is 1.92 bits per heavy atom. The van der Waals surface area contributed by atoms with Crippen LogP contribution in [0.4, 0.5) is 0 Å². The van der Waals surface area contributed by atoms with Crippen molar-refractivity contribution in [1.82, 2.24) is 9.55 Å². The summed E-state index contributed by atoms with van der Waals surface area (Å²) >= 11 is 1.53. The lowest BCUT2D eigenvalue weighted by atomic mass is 10.0. The Morgan fingerprint density at radius 1 is 1.16 bits per heavy atom. The first-order valence-electron chi connectivity index (χ1n) is 8.64. The van der Waals surface area contributed by atoms with Gasteiger partial charge in [0.2, 0.25) is 0 Å². The maximum Gasteiger partial charge on any atom is 0.173 e. The number of imidazole rings is 1. The van der Waals surface area contributed by atoms with Crippen molar-refractivity contribution in [2.45, 2.75) is 39.4 Å². The Bertz CT molecular complexity index is 911. The van der Waals surface area contributed by atoms with Crippen LogP contribution in [0.2, 0.25) is 0 Å². The van der Waals surface area contributed by atoms with Crippen LogP contribution in [0.25, 0.3) is 11.0 Å². The summed E-state index contributed by atoms with van der Waals surface area (Å²) in [5.74, 6) is 1.09. The fraction of sp³-hybridized carbons (Fsp3) is 0.333. The van der Waals surface area contributed by atoms with Gasteiger partial charge >= 0.3 is 0 Å². The molecule has 25 heavy (non-hydrogen) atoms. The molecule has 0 fully saturated rings. The normalized spacial score (nSPS) is 11.4. The van der Waals surface area contributed by atoms with E-state index in [4.69, 9.17) is 4.98 Å². The molecule has 2 aromatic carbocycles. The topological polar surface area (TPSA) is 34.9 Å². The molecule has 0 N–H and O–H groups in total. The van der Waals surface area contributed by atoms with Crippen molar-refractivity contribution in [3.8, 4) is 0 Å². The molecule has 0 aliphatic carbocycles. The number of hydrogen-bond acceptors (Lipinski definition) is 3. The molecule has 0 saturated heterocycles. The van der Waals surface area contributed by atoms with E-state index in [0.29, 0.717) is 11.7 Å². The van der Waals surface area contributed by atoms with Crippen LogP contribution < -0.4 is 0 Å². The number of carbonyl (C=O) groups excluding carboxylic acids is 1. The number of Topliss-reactive ketones (excluding diaryl/α,β-unsaturated/α-hetero) is 1. The van der Waals surface area contributed by atoms with Gasteiger partial charge in [0.25, 0.3) is 0 Å². The van der Waals surface area contributed by atoms with Crippen molar-refractivity contribution in [3.63, 3.8) is 0 Å². The van der Waals surface area contributed by atoms with Gasteiger partial charge in [-0.05, 0) is 43.5 Å². The first kappa shape index (κ1) is 17.7. The summed E-state index contributed by atoms with van der Waals surface area (Å²) in [5.41, 5.74) is 5.10. The number of para-hydroxylation sites is 2. The molecule has 0 radical (unpaired) electrons. The molecular weight excluding hydrogens is 328 g/mol. The van der Waals surface area contributed by atoms with E-state index in [2.05, 4.69) is 24.5 Å². The molecule has 0 aliphatic heterocycles. The van der Waals surface area contributed by atoms with E-state index in [1.807, 2.05) is 50.2 Å². The fourth-order valence-corrected chi connectivity index (χ4v) is 3.86. The number of nitrogens with zero attached hydrogens (tertiary/aromatic N) is 2. The van der Waals surface area contributed by atoms with Crippen molar-refractivity contribution < 1.29 is 4.79 Å². The van der Waals surface area contributed by atoms with Crippen LogP contribution >= 0.6 is 11.8 Å². The fourth-order valence-electron chi connectivity index (χ4n) is 2.95. The Morgan fingerprint density at radius 3 is 2.68 bits per heavy atom. The Balaban J connectivity index is 1.85. The number of aromatic nitrogens is 2. The molecule has 0 saturated carbocycles. The van der Waals surface area contributed by atoms with E-state index in [9.17, 15) is 4.79 Å². The number of aryl methyl sites for hydroxylation is 2. The van der Waals surface area contributed by atoms with Crippen molar-refractivity contribution >= 4 is 28.6 Å². The summed E-state index contributed by atoms with van der Waals surface area (Å²) < 4.78 is 2.24. The number of ketones is 1. The molecule has 0 unspecified atom stereocenters. The summed E-state index contributed by atoms with van der Waals surface area (Å²) in [4.78, 5) is 17.4. The van der Waals surface area contributed by atoms with E-state index in [-0.39, 0.29) is 5.78 Å². The zero-order chi connectivity index (χ0) is 18.0. The maximum absolute atomic E-state index is 12.7. The van der Waals surface area contributed by atoms with Crippen LogP contribution in [-0.4, -0.2) is 21.1 Å². The molecule has 3 aromatic rings. The van der Waals surface area contributed by atoms with Crippen LogP contribution in [0.15, 0.2) is 47.6 Å². The highest BCUT2D eigenvalue weighted by Crippen LogP contribution is 2.26. The summed E-state index contributed by atoms with van der Waals surface area (Å²) in [6, 6.07) is 14.2. The van der Waals surface area contributed by atoms with Gasteiger partial charge in [-0.3, -0.25) is 4.79 Å². The average molecular weight is 353 g/mol. The van der Waals surface area contributed by atoms with Crippen LogP contribution in [0, 0.1) is 19.8 Å². The average Bonchev–Trinajstić information content (AvgIpc) is 2.92. The second-order valence-corrected chi connectivity index (χ2v) is 7.86. The van der Waals surface area contributed by atoms with Gasteiger partial charge in [0, 0.05) is 12.1 Å². The minimum Gasteiger partial charge on any atom is -0.319 e. The lowest BCUT2D eigenvalue weighted by molar-refractivity contribution is 0.102. The number of carbonyl (C=O) groups is 1. The third-order valence-electron chi connectivity index (χ3n) is 4.19. The highest BCUT2D eigenvalue weighted by atomic mass is 32.2. The van der Waals surface area contributed by atoms with Crippen molar-refractivity contribution in [2.24, 2.45) is 5.92 Å². The van der Waals surface area contributed by atoms with Crippen LogP contribution in [0.3, 0.4) is 0 Å². The van der Waals surface area contributed by atoms with Gasteiger partial charge in [0.05, 0.1) is 16.8 Å². The van der Waals surface area contributed by atoms with Crippen molar-refractivity contribution in [1.29, 1.82) is 0 Å². The Kier molecular flexibility index (Phi) is 5.28. The van der Waals surface area contributed by atoms with Gasteiger partial charge in [-0.2, -0.15) is 0 Å². The summed E-state index contributed by atoms with van der Waals surface area (Å²) in [7, 11) is 0. The molecule has 1 aromatic heterocycles. The lowest BCUT2D eigenvalue weighted by Gasteiger charge is -2.11. The molecule has 0 bridgehead atoms. The van der Waals surface area contributed by atoms with E-state index < -0.39 is 0 Å². The first-order valence-corrected chi connectivity index (χ1v) is 9.63. The number of rotatable bonds is 6. The SMILES string of the molecule is Cc1ccc(C)c(C(=O)CSc2nc3ccccc3n2CC(C)C)c1. The van der Waals surface area contributed by atoms with Gasteiger partial charge in [0.15, 0.2) is 10.9 Å². The zero-order valence-electron chi connectivity index (χ0n) is 15.2. The molecule has 130 valence electrons. The van der Waals surface area contributed by atoms with E-state index in [0.717, 1.165) is 39.4 Å².